The number of H-pyrrole nitrogens is 1. The standard InChI is InChI=1S/C25H21N5O2S/c1-30-25(32)15-9-3-2-8-14(15)21(29-30)23(31)28-24-20(16-10-4-7-13-19(16)33-24)22-26-17-11-5-6-12-18(17)27-22/h2-3,5-6,8-9,11-12H,4,7,10,13H2,1H3,(H,26,27)(H,28,31). The molecule has 0 saturated heterocycles. The van der Waals surface area contributed by atoms with E-state index in [2.05, 4.69) is 15.4 Å². The van der Waals surface area contributed by atoms with Crippen molar-refractivity contribution in [2.24, 2.45) is 7.05 Å². The highest BCUT2D eigenvalue weighted by molar-refractivity contribution is 7.17. The second-order valence-corrected chi connectivity index (χ2v) is 9.40. The van der Waals surface area contributed by atoms with Crippen LogP contribution in [0.3, 0.4) is 0 Å². The number of imidazole rings is 1. The second kappa shape index (κ2) is 7.67. The molecule has 5 aromatic rings. The SMILES string of the molecule is Cn1nc(C(=O)Nc2sc3c(c2-c2nc4ccccc4[nH]2)CCCC3)c2ccccc2c1=O. The van der Waals surface area contributed by atoms with Crippen LogP contribution in [0.25, 0.3) is 33.2 Å². The quantitative estimate of drug-likeness (QED) is 0.414. The Morgan fingerprint density at radius 2 is 1.82 bits per heavy atom. The van der Waals surface area contributed by atoms with Crippen molar-refractivity contribution >= 4 is 44.1 Å². The summed E-state index contributed by atoms with van der Waals surface area (Å²) in [4.78, 5) is 35.5. The molecule has 0 spiro atoms. The molecule has 164 valence electrons. The fourth-order valence-corrected chi connectivity index (χ4v) is 5.89. The van der Waals surface area contributed by atoms with Crippen molar-refractivity contribution in [1.29, 1.82) is 0 Å². The molecule has 33 heavy (non-hydrogen) atoms. The number of benzene rings is 2. The molecule has 1 aliphatic rings. The molecule has 1 aliphatic carbocycles. The van der Waals surface area contributed by atoms with Crippen LogP contribution in [0.1, 0.15) is 33.8 Å². The van der Waals surface area contributed by atoms with E-state index in [1.165, 1.54) is 15.1 Å². The van der Waals surface area contributed by atoms with Gasteiger partial charge in [-0.25, -0.2) is 9.67 Å². The van der Waals surface area contributed by atoms with Gasteiger partial charge < -0.3 is 10.3 Å². The molecule has 7 nitrogen and oxygen atoms in total. The molecule has 3 heterocycles. The zero-order chi connectivity index (χ0) is 22.5. The van der Waals surface area contributed by atoms with E-state index in [0.29, 0.717) is 10.8 Å². The first-order chi connectivity index (χ1) is 16.1. The number of hydrogen-bond acceptors (Lipinski definition) is 5. The van der Waals surface area contributed by atoms with Crippen molar-refractivity contribution in [2.45, 2.75) is 25.7 Å². The van der Waals surface area contributed by atoms with Gasteiger partial charge in [0.1, 0.15) is 10.8 Å². The van der Waals surface area contributed by atoms with E-state index in [0.717, 1.165) is 53.1 Å². The number of anilines is 1. The topological polar surface area (TPSA) is 92.7 Å². The molecular formula is C25H21N5O2S. The summed E-state index contributed by atoms with van der Waals surface area (Å²) >= 11 is 1.61. The van der Waals surface area contributed by atoms with Gasteiger partial charge in [-0.3, -0.25) is 9.59 Å². The van der Waals surface area contributed by atoms with Crippen LogP contribution in [0.2, 0.25) is 0 Å². The van der Waals surface area contributed by atoms with Gasteiger partial charge >= 0.3 is 0 Å². The molecule has 0 radical (unpaired) electrons. The van der Waals surface area contributed by atoms with Crippen molar-refractivity contribution in [3.8, 4) is 11.4 Å². The minimum absolute atomic E-state index is 0.225. The van der Waals surface area contributed by atoms with Crippen LogP contribution >= 0.6 is 11.3 Å². The van der Waals surface area contributed by atoms with Gasteiger partial charge in [0, 0.05) is 17.3 Å². The predicted molar refractivity (Wildman–Crippen MR) is 131 cm³/mol. The van der Waals surface area contributed by atoms with Gasteiger partial charge in [0.15, 0.2) is 5.69 Å². The Morgan fingerprint density at radius 3 is 2.67 bits per heavy atom. The Bertz CT molecular complexity index is 1580. The maximum absolute atomic E-state index is 13.4. The average molecular weight is 456 g/mol. The van der Waals surface area contributed by atoms with E-state index in [4.69, 9.17) is 4.98 Å². The van der Waals surface area contributed by atoms with E-state index in [9.17, 15) is 9.59 Å². The summed E-state index contributed by atoms with van der Waals surface area (Å²) in [7, 11) is 1.56. The number of para-hydroxylation sites is 2. The zero-order valence-electron chi connectivity index (χ0n) is 18.0. The van der Waals surface area contributed by atoms with Crippen LogP contribution in [-0.2, 0) is 19.9 Å². The highest BCUT2D eigenvalue weighted by Gasteiger charge is 2.26. The van der Waals surface area contributed by atoms with Crippen molar-refractivity contribution in [3.05, 3.63) is 75.0 Å². The number of carbonyl (C=O) groups is 1. The van der Waals surface area contributed by atoms with Gasteiger partial charge in [-0.2, -0.15) is 5.10 Å². The van der Waals surface area contributed by atoms with Gasteiger partial charge in [-0.1, -0.05) is 30.3 Å². The van der Waals surface area contributed by atoms with Gasteiger partial charge in [0.05, 0.1) is 22.0 Å². The van der Waals surface area contributed by atoms with Gasteiger partial charge in [-0.05, 0) is 49.4 Å². The van der Waals surface area contributed by atoms with E-state index in [1.54, 1.807) is 36.6 Å². The lowest BCUT2D eigenvalue weighted by Gasteiger charge is -2.12. The molecule has 1 amide bonds. The fourth-order valence-electron chi connectivity index (χ4n) is 4.61. The normalized spacial score (nSPS) is 13.4. The van der Waals surface area contributed by atoms with Crippen molar-refractivity contribution < 1.29 is 4.79 Å². The molecule has 3 aromatic heterocycles. The summed E-state index contributed by atoms with van der Waals surface area (Å²) in [5.41, 5.74) is 4.09. The Balaban J connectivity index is 1.48. The number of aromatic nitrogens is 4. The molecule has 0 aliphatic heterocycles. The Labute approximate surface area is 193 Å². The van der Waals surface area contributed by atoms with Crippen LogP contribution in [-0.4, -0.2) is 25.7 Å². The zero-order valence-corrected chi connectivity index (χ0v) is 18.8. The lowest BCUT2D eigenvalue weighted by molar-refractivity contribution is 0.102. The third-order valence-electron chi connectivity index (χ3n) is 6.20. The van der Waals surface area contributed by atoms with E-state index in [1.807, 2.05) is 30.3 Å². The number of fused-ring (bicyclic) bond motifs is 3. The first-order valence-corrected chi connectivity index (χ1v) is 11.8. The summed E-state index contributed by atoms with van der Waals surface area (Å²) in [5, 5.41) is 9.19. The van der Waals surface area contributed by atoms with Crippen LogP contribution < -0.4 is 10.9 Å². The second-order valence-electron chi connectivity index (χ2n) is 8.29. The number of aryl methyl sites for hydroxylation is 2. The number of hydrogen-bond donors (Lipinski definition) is 2. The van der Waals surface area contributed by atoms with Crippen LogP contribution in [0.4, 0.5) is 5.00 Å². The summed E-state index contributed by atoms with van der Waals surface area (Å²) in [5.74, 6) is 0.432. The minimum Gasteiger partial charge on any atom is -0.338 e. The highest BCUT2D eigenvalue weighted by Crippen LogP contribution is 2.44. The first kappa shape index (κ1) is 19.9. The molecule has 0 unspecified atom stereocenters. The van der Waals surface area contributed by atoms with Crippen molar-refractivity contribution in [1.82, 2.24) is 19.7 Å². The van der Waals surface area contributed by atoms with E-state index >= 15 is 0 Å². The fraction of sp³-hybridized carbons (Fsp3) is 0.200. The smallest absolute Gasteiger partial charge is 0.277 e. The number of thiophene rings is 1. The van der Waals surface area contributed by atoms with Crippen LogP contribution in [0.15, 0.2) is 53.3 Å². The Morgan fingerprint density at radius 1 is 1.06 bits per heavy atom. The summed E-state index contributed by atoms with van der Waals surface area (Å²) in [6, 6.07) is 15.0. The number of aromatic amines is 1. The summed E-state index contributed by atoms with van der Waals surface area (Å²) < 4.78 is 1.22. The summed E-state index contributed by atoms with van der Waals surface area (Å²) in [6.07, 6.45) is 4.24. The molecule has 0 atom stereocenters. The molecule has 0 bridgehead atoms. The molecule has 6 rings (SSSR count). The Kier molecular flexibility index (Phi) is 4.62. The first-order valence-electron chi connectivity index (χ1n) is 11.0. The van der Waals surface area contributed by atoms with Gasteiger partial charge in [0.2, 0.25) is 0 Å². The number of nitrogens with zero attached hydrogens (tertiary/aromatic N) is 3. The largest absolute Gasteiger partial charge is 0.338 e. The Hall–Kier alpha value is -3.78. The molecular weight excluding hydrogens is 434 g/mol. The van der Waals surface area contributed by atoms with Crippen LogP contribution in [0.5, 0.6) is 0 Å². The highest BCUT2D eigenvalue weighted by atomic mass is 32.1. The molecule has 8 heteroatoms. The van der Waals surface area contributed by atoms with Crippen molar-refractivity contribution in [2.75, 3.05) is 5.32 Å². The van der Waals surface area contributed by atoms with Crippen LogP contribution in [0, 0.1) is 0 Å². The third-order valence-corrected chi connectivity index (χ3v) is 7.40. The minimum atomic E-state index is -0.335. The number of rotatable bonds is 3. The number of nitrogens with one attached hydrogen (secondary N) is 2. The molecule has 2 N–H and O–H groups in total. The maximum atomic E-state index is 13.4. The van der Waals surface area contributed by atoms with E-state index < -0.39 is 0 Å². The monoisotopic (exact) mass is 455 g/mol. The summed E-state index contributed by atoms with van der Waals surface area (Å²) in [6.45, 7) is 0. The van der Waals surface area contributed by atoms with Crippen molar-refractivity contribution in [3.63, 3.8) is 0 Å². The molecule has 0 fully saturated rings. The van der Waals surface area contributed by atoms with Gasteiger partial charge in [-0.15, -0.1) is 11.3 Å². The maximum Gasteiger partial charge on any atom is 0.277 e. The predicted octanol–water partition coefficient (Wildman–Crippen LogP) is 4.67. The lowest BCUT2D eigenvalue weighted by Crippen LogP contribution is -2.25. The molecule has 2 aromatic carbocycles. The molecule has 0 saturated carbocycles. The average Bonchev–Trinajstić information content (AvgIpc) is 3.41. The van der Waals surface area contributed by atoms with Gasteiger partial charge in [0.25, 0.3) is 11.5 Å². The lowest BCUT2D eigenvalue weighted by atomic mass is 9.95. The van der Waals surface area contributed by atoms with E-state index in [-0.39, 0.29) is 17.2 Å². The number of amides is 1. The number of carbonyl (C=O) groups excluding carboxylic acids is 1. The third kappa shape index (κ3) is 3.25.